The molecule has 5 nitrogen and oxygen atoms in total. The summed E-state index contributed by atoms with van der Waals surface area (Å²) in [7, 11) is 1.75. The Morgan fingerprint density at radius 3 is 2.88 bits per heavy atom. The van der Waals surface area contributed by atoms with Crippen LogP contribution in [0, 0.1) is 0 Å². The molecule has 1 aliphatic heterocycles. The van der Waals surface area contributed by atoms with E-state index in [9.17, 15) is 4.79 Å². The molecule has 0 spiro atoms. The van der Waals surface area contributed by atoms with Crippen molar-refractivity contribution in [1.29, 1.82) is 0 Å². The molecule has 3 aliphatic rings. The van der Waals surface area contributed by atoms with Gasteiger partial charge in [-0.1, -0.05) is 31.0 Å². The van der Waals surface area contributed by atoms with Crippen molar-refractivity contribution in [2.24, 2.45) is 0 Å². The number of carbonyl (C=O) groups excluding carboxylic acids is 1. The van der Waals surface area contributed by atoms with E-state index in [0.29, 0.717) is 12.6 Å². The Morgan fingerprint density at radius 2 is 2.08 bits per heavy atom. The molecule has 2 bridgehead atoms. The fraction of sp³-hybridized carbons (Fsp3) is 0.571. The van der Waals surface area contributed by atoms with E-state index in [-0.39, 0.29) is 24.1 Å². The minimum absolute atomic E-state index is 0.0137. The van der Waals surface area contributed by atoms with Gasteiger partial charge in [-0.2, -0.15) is 0 Å². The lowest BCUT2D eigenvalue weighted by Gasteiger charge is -2.46. The zero-order chi connectivity index (χ0) is 17.7. The molecule has 2 aromatic rings. The quantitative estimate of drug-likeness (QED) is 0.892. The number of likely N-dealkylation sites (tertiary alicyclic amines) is 1. The average Bonchev–Trinajstić information content (AvgIpc) is 3.30. The Bertz CT molecular complexity index is 824. The van der Waals surface area contributed by atoms with Gasteiger partial charge in [0.05, 0.1) is 6.10 Å². The molecule has 1 saturated carbocycles. The van der Waals surface area contributed by atoms with Gasteiger partial charge in [0.1, 0.15) is 11.3 Å². The maximum Gasteiger partial charge on any atom is 0.317 e. The van der Waals surface area contributed by atoms with E-state index in [0.717, 1.165) is 37.0 Å². The van der Waals surface area contributed by atoms with Crippen molar-refractivity contribution in [2.75, 3.05) is 13.7 Å². The van der Waals surface area contributed by atoms with Gasteiger partial charge >= 0.3 is 6.03 Å². The van der Waals surface area contributed by atoms with Crippen molar-refractivity contribution in [3.8, 4) is 0 Å². The van der Waals surface area contributed by atoms with E-state index < -0.39 is 0 Å². The minimum Gasteiger partial charge on any atom is -0.460 e. The number of para-hydroxylation sites is 1. The lowest BCUT2D eigenvalue weighted by atomic mass is 9.77. The molecule has 26 heavy (non-hydrogen) atoms. The summed E-state index contributed by atoms with van der Waals surface area (Å²) in [5, 5.41) is 4.44. The fourth-order valence-electron chi connectivity index (χ4n) is 5.19. The summed E-state index contributed by atoms with van der Waals surface area (Å²) in [5.74, 6) is 1.31. The zero-order valence-electron chi connectivity index (χ0n) is 15.2. The first-order valence-corrected chi connectivity index (χ1v) is 9.85. The van der Waals surface area contributed by atoms with Gasteiger partial charge in [-0.25, -0.2) is 4.79 Å². The Hall–Kier alpha value is -2.01. The normalized spacial score (nSPS) is 28.3. The van der Waals surface area contributed by atoms with Crippen LogP contribution < -0.4 is 5.32 Å². The van der Waals surface area contributed by atoms with Crippen molar-refractivity contribution in [2.45, 2.75) is 62.6 Å². The predicted octanol–water partition coefficient (Wildman–Crippen LogP) is 3.81. The van der Waals surface area contributed by atoms with Crippen molar-refractivity contribution in [1.82, 2.24) is 10.2 Å². The molecule has 2 aliphatic carbocycles. The first-order valence-electron chi connectivity index (χ1n) is 9.85. The maximum atomic E-state index is 13.0. The second-order valence-corrected chi connectivity index (χ2v) is 8.00. The third-order valence-electron chi connectivity index (χ3n) is 6.54. The van der Waals surface area contributed by atoms with E-state index in [1.165, 1.54) is 23.8 Å². The van der Waals surface area contributed by atoms with Gasteiger partial charge in [-0.05, 0) is 31.7 Å². The molecule has 1 saturated heterocycles. The highest BCUT2D eigenvalue weighted by molar-refractivity contribution is 5.83. The summed E-state index contributed by atoms with van der Waals surface area (Å²) in [4.78, 5) is 15.0. The van der Waals surface area contributed by atoms with E-state index in [4.69, 9.17) is 9.15 Å². The molecular formula is C21H26N2O3. The Balaban J connectivity index is 1.46. The minimum atomic E-state index is -0.0137. The number of furan rings is 1. The van der Waals surface area contributed by atoms with Gasteiger partial charge in [-0.3, -0.25) is 0 Å². The van der Waals surface area contributed by atoms with Gasteiger partial charge in [0, 0.05) is 42.6 Å². The van der Waals surface area contributed by atoms with Crippen LogP contribution in [0.3, 0.4) is 0 Å². The van der Waals surface area contributed by atoms with Crippen LogP contribution >= 0.6 is 0 Å². The first-order chi connectivity index (χ1) is 12.7. The number of urea groups is 1. The van der Waals surface area contributed by atoms with Crippen molar-refractivity contribution in [3.63, 3.8) is 0 Å². The van der Waals surface area contributed by atoms with Crippen molar-refractivity contribution >= 4 is 17.0 Å². The third kappa shape index (κ3) is 2.52. The fourth-order valence-corrected chi connectivity index (χ4v) is 5.19. The lowest BCUT2D eigenvalue weighted by Crippen LogP contribution is -2.58. The molecule has 138 valence electrons. The lowest BCUT2D eigenvalue weighted by molar-refractivity contribution is -0.00575. The Labute approximate surface area is 153 Å². The Morgan fingerprint density at radius 1 is 1.27 bits per heavy atom. The number of carbonyl (C=O) groups is 1. The maximum absolute atomic E-state index is 13.0. The highest BCUT2D eigenvalue weighted by Gasteiger charge is 2.45. The summed E-state index contributed by atoms with van der Waals surface area (Å²) in [6, 6.07) is 8.88. The van der Waals surface area contributed by atoms with Crippen LogP contribution in [0.5, 0.6) is 0 Å². The van der Waals surface area contributed by atoms with Crippen LogP contribution in [-0.2, 0) is 11.2 Å². The molecule has 3 atom stereocenters. The summed E-state index contributed by atoms with van der Waals surface area (Å²) >= 11 is 0. The number of benzene rings is 1. The van der Waals surface area contributed by atoms with Crippen LogP contribution in [0.4, 0.5) is 4.79 Å². The van der Waals surface area contributed by atoms with Crippen molar-refractivity contribution in [3.05, 3.63) is 35.6 Å². The number of fused-ring (bicyclic) bond motifs is 6. The second kappa shape index (κ2) is 6.31. The van der Waals surface area contributed by atoms with E-state index in [1.807, 2.05) is 17.0 Å². The van der Waals surface area contributed by atoms with E-state index in [1.54, 1.807) is 7.11 Å². The number of hydrogen-bond donors (Lipinski definition) is 1. The molecule has 5 heteroatoms. The molecule has 5 rings (SSSR count). The number of amides is 2. The highest BCUT2D eigenvalue weighted by atomic mass is 16.5. The van der Waals surface area contributed by atoms with E-state index >= 15 is 0 Å². The highest BCUT2D eigenvalue weighted by Crippen LogP contribution is 2.45. The summed E-state index contributed by atoms with van der Waals surface area (Å²) in [6.07, 6.45) is 6.44. The largest absolute Gasteiger partial charge is 0.460 e. The smallest absolute Gasteiger partial charge is 0.317 e. The van der Waals surface area contributed by atoms with Crippen molar-refractivity contribution < 1.29 is 13.9 Å². The molecular weight excluding hydrogens is 328 g/mol. The number of hydrogen-bond acceptors (Lipinski definition) is 3. The molecule has 1 aromatic heterocycles. The number of methoxy groups -OCH3 is 1. The second-order valence-electron chi connectivity index (χ2n) is 8.00. The van der Waals surface area contributed by atoms with Gasteiger partial charge in [0.2, 0.25) is 0 Å². The first kappa shape index (κ1) is 16.2. The molecule has 2 amide bonds. The molecule has 0 unspecified atom stereocenters. The number of rotatable bonds is 2. The zero-order valence-corrected chi connectivity index (χ0v) is 15.2. The monoisotopic (exact) mass is 354 g/mol. The SMILES string of the molecule is CO[C@H]1CN(C(=O)NC2CCCC2)[C@H]2Cc3c(oc4ccccc34)[C@@H]1C2. The van der Waals surface area contributed by atoms with Crippen LogP contribution in [0.15, 0.2) is 28.7 Å². The standard InChI is InChI=1S/C21H26N2O3/c1-25-19-12-23(21(24)22-13-6-2-3-7-13)14-10-16-15-8-4-5-9-18(15)26-20(16)17(19)11-14/h4-5,8-9,13-14,17,19H,2-3,6-7,10-12H2,1H3,(H,22,24)/t14-,17+,19-/m0/s1. The molecule has 0 radical (unpaired) electrons. The summed E-state index contributed by atoms with van der Waals surface area (Å²) < 4.78 is 12.0. The number of piperidine rings is 1. The van der Waals surface area contributed by atoms with Crippen LogP contribution in [0.1, 0.15) is 49.3 Å². The molecule has 1 aromatic carbocycles. The molecule has 2 heterocycles. The van der Waals surface area contributed by atoms with Gasteiger partial charge in [0.15, 0.2) is 0 Å². The Kier molecular flexibility index (Phi) is 3.92. The average molecular weight is 354 g/mol. The van der Waals surface area contributed by atoms with Gasteiger partial charge < -0.3 is 19.4 Å². The topological polar surface area (TPSA) is 54.7 Å². The number of nitrogens with one attached hydrogen (secondary N) is 1. The summed E-state index contributed by atoms with van der Waals surface area (Å²) in [6.45, 7) is 0.640. The number of ether oxygens (including phenoxy) is 1. The van der Waals surface area contributed by atoms with Crippen LogP contribution in [0.2, 0.25) is 0 Å². The third-order valence-corrected chi connectivity index (χ3v) is 6.54. The van der Waals surface area contributed by atoms with Gasteiger partial charge in [0.25, 0.3) is 0 Å². The van der Waals surface area contributed by atoms with Gasteiger partial charge in [-0.15, -0.1) is 0 Å². The number of nitrogens with zero attached hydrogens (tertiary/aromatic N) is 1. The van der Waals surface area contributed by atoms with E-state index in [2.05, 4.69) is 17.4 Å². The summed E-state index contributed by atoms with van der Waals surface area (Å²) in [5.41, 5.74) is 2.21. The van der Waals surface area contributed by atoms with Crippen LogP contribution in [-0.4, -0.2) is 42.8 Å². The molecule has 2 fully saturated rings. The van der Waals surface area contributed by atoms with Crippen LogP contribution in [0.25, 0.3) is 11.0 Å². The predicted molar refractivity (Wildman–Crippen MR) is 99.4 cm³/mol. The molecule has 1 N–H and O–H groups in total.